The molecule has 6 heteroatoms. The van der Waals surface area contributed by atoms with Crippen LogP contribution in [0.15, 0.2) is 6.20 Å². The Morgan fingerprint density at radius 3 is 2.50 bits per heavy atom. The molecule has 0 unspecified atom stereocenters. The van der Waals surface area contributed by atoms with E-state index in [-0.39, 0.29) is 0 Å². The molecule has 0 fully saturated rings. The van der Waals surface area contributed by atoms with E-state index < -0.39 is 0 Å². The fourth-order valence-electron chi connectivity index (χ4n) is 1.82. The highest BCUT2D eigenvalue weighted by molar-refractivity contribution is 5.60. The number of hydrogen-bond acceptors (Lipinski definition) is 5. The lowest BCUT2D eigenvalue weighted by Gasteiger charge is -2.08. The van der Waals surface area contributed by atoms with Crippen molar-refractivity contribution in [3.05, 3.63) is 23.1 Å². The second-order valence-electron chi connectivity index (χ2n) is 4.27. The zero-order valence-corrected chi connectivity index (χ0v) is 11.4. The molecule has 0 spiro atoms. The van der Waals surface area contributed by atoms with E-state index in [1.54, 1.807) is 6.20 Å². The smallest absolute Gasteiger partial charge is 0.229 e. The van der Waals surface area contributed by atoms with Gasteiger partial charge in [0.2, 0.25) is 5.95 Å². The van der Waals surface area contributed by atoms with Gasteiger partial charge in [-0.2, -0.15) is 10.1 Å². The Morgan fingerprint density at radius 1 is 1.22 bits per heavy atom. The van der Waals surface area contributed by atoms with Crippen LogP contribution < -0.4 is 10.6 Å². The van der Waals surface area contributed by atoms with Gasteiger partial charge in [0, 0.05) is 25.9 Å². The summed E-state index contributed by atoms with van der Waals surface area (Å²) < 4.78 is 1.84. The zero-order chi connectivity index (χ0) is 13.3. The van der Waals surface area contributed by atoms with Crippen LogP contribution in [0.1, 0.15) is 17.0 Å². The molecule has 2 N–H and O–H groups in total. The van der Waals surface area contributed by atoms with Gasteiger partial charge in [0.1, 0.15) is 5.82 Å². The number of anilines is 3. The number of rotatable bonds is 3. The van der Waals surface area contributed by atoms with E-state index in [4.69, 9.17) is 0 Å². The van der Waals surface area contributed by atoms with Gasteiger partial charge in [-0.15, -0.1) is 0 Å². The summed E-state index contributed by atoms with van der Waals surface area (Å²) in [4.78, 5) is 8.68. The molecule has 0 bridgehead atoms. The normalized spacial score (nSPS) is 10.5. The van der Waals surface area contributed by atoms with Crippen LogP contribution in [0.25, 0.3) is 0 Å². The monoisotopic (exact) mass is 246 g/mol. The minimum absolute atomic E-state index is 0.573. The second kappa shape index (κ2) is 4.64. The molecule has 0 aliphatic rings. The van der Waals surface area contributed by atoms with Crippen LogP contribution in [-0.2, 0) is 7.05 Å². The summed E-state index contributed by atoms with van der Waals surface area (Å²) in [5.41, 5.74) is 3.97. The fourth-order valence-corrected chi connectivity index (χ4v) is 1.82. The molecule has 6 nitrogen and oxygen atoms in total. The molecule has 0 aliphatic carbocycles. The first kappa shape index (κ1) is 12.3. The van der Waals surface area contributed by atoms with Crippen molar-refractivity contribution in [2.75, 3.05) is 17.7 Å². The third-order valence-corrected chi connectivity index (χ3v) is 2.95. The molecule has 96 valence electrons. The summed E-state index contributed by atoms with van der Waals surface area (Å²) in [6.45, 7) is 5.94. The van der Waals surface area contributed by atoms with Gasteiger partial charge in [-0.1, -0.05) is 0 Å². The Labute approximate surface area is 106 Å². The largest absolute Gasteiger partial charge is 0.373 e. The quantitative estimate of drug-likeness (QED) is 0.866. The Bertz CT molecular complexity index is 572. The molecule has 2 heterocycles. The van der Waals surface area contributed by atoms with E-state index in [0.29, 0.717) is 5.95 Å². The lowest BCUT2D eigenvalue weighted by molar-refractivity contribution is 0.731. The van der Waals surface area contributed by atoms with Gasteiger partial charge in [-0.3, -0.25) is 4.68 Å². The van der Waals surface area contributed by atoms with Crippen LogP contribution in [0, 0.1) is 20.8 Å². The van der Waals surface area contributed by atoms with Gasteiger partial charge >= 0.3 is 0 Å². The Balaban J connectivity index is 2.34. The van der Waals surface area contributed by atoms with Crippen molar-refractivity contribution < 1.29 is 0 Å². The van der Waals surface area contributed by atoms with E-state index in [0.717, 1.165) is 28.5 Å². The highest BCUT2D eigenvalue weighted by Gasteiger charge is 2.11. The Kier molecular flexibility index (Phi) is 3.18. The topological polar surface area (TPSA) is 67.7 Å². The molecule has 0 atom stereocenters. The van der Waals surface area contributed by atoms with Crippen molar-refractivity contribution >= 4 is 17.5 Å². The minimum atomic E-state index is 0.573. The van der Waals surface area contributed by atoms with Crippen LogP contribution >= 0.6 is 0 Å². The number of aromatic nitrogens is 4. The number of hydrogen-bond donors (Lipinski definition) is 2. The van der Waals surface area contributed by atoms with E-state index >= 15 is 0 Å². The predicted octanol–water partition coefficient (Wildman–Crippen LogP) is 1.92. The SMILES string of the molecule is CNc1nc(Nc2c(C)nn(C)c2C)ncc1C. The molecule has 0 amide bonds. The van der Waals surface area contributed by atoms with E-state index in [1.807, 2.05) is 39.5 Å². The first-order valence-corrected chi connectivity index (χ1v) is 5.81. The maximum atomic E-state index is 4.41. The molecule has 2 aromatic heterocycles. The van der Waals surface area contributed by atoms with E-state index in [2.05, 4.69) is 25.7 Å². The first-order chi connectivity index (χ1) is 8.52. The summed E-state index contributed by atoms with van der Waals surface area (Å²) in [6, 6.07) is 0. The minimum Gasteiger partial charge on any atom is -0.373 e. The summed E-state index contributed by atoms with van der Waals surface area (Å²) in [6.07, 6.45) is 1.79. The van der Waals surface area contributed by atoms with Crippen LogP contribution in [0.4, 0.5) is 17.5 Å². The van der Waals surface area contributed by atoms with Crippen molar-refractivity contribution in [2.24, 2.45) is 7.05 Å². The van der Waals surface area contributed by atoms with Gasteiger partial charge < -0.3 is 10.6 Å². The average Bonchev–Trinajstić information content (AvgIpc) is 2.58. The number of nitrogens with zero attached hydrogens (tertiary/aromatic N) is 4. The van der Waals surface area contributed by atoms with Crippen LogP contribution in [0.3, 0.4) is 0 Å². The van der Waals surface area contributed by atoms with Gasteiger partial charge in [0.25, 0.3) is 0 Å². The molecule has 0 radical (unpaired) electrons. The van der Waals surface area contributed by atoms with Crippen LogP contribution in [0.5, 0.6) is 0 Å². The fraction of sp³-hybridized carbons (Fsp3) is 0.417. The molecule has 0 aliphatic heterocycles. The van der Waals surface area contributed by atoms with Gasteiger partial charge in [0.15, 0.2) is 0 Å². The molecular formula is C12H18N6. The summed E-state index contributed by atoms with van der Waals surface area (Å²) in [7, 11) is 3.77. The molecule has 2 rings (SSSR count). The molecular weight excluding hydrogens is 228 g/mol. The molecule has 2 aromatic rings. The number of aryl methyl sites for hydroxylation is 3. The Hall–Kier alpha value is -2.11. The second-order valence-corrected chi connectivity index (χ2v) is 4.27. The molecule has 0 saturated heterocycles. The third-order valence-electron chi connectivity index (χ3n) is 2.95. The van der Waals surface area contributed by atoms with Crippen molar-refractivity contribution in [2.45, 2.75) is 20.8 Å². The van der Waals surface area contributed by atoms with Crippen molar-refractivity contribution in [3.63, 3.8) is 0 Å². The highest BCUT2D eigenvalue weighted by atomic mass is 15.3. The molecule has 0 aromatic carbocycles. The average molecular weight is 246 g/mol. The van der Waals surface area contributed by atoms with Crippen LogP contribution in [-0.4, -0.2) is 26.8 Å². The lowest BCUT2D eigenvalue weighted by atomic mass is 10.3. The first-order valence-electron chi connectivity index (χ1n) is 5.81. The highest BCUT2D eigenvalue weighted by Crippen LogP contribution is 2.22. The summed E-state index contributed by atoms with van der Waals surface area (Å²) in [5.74, 6) is 1.40. The molecule has 0 saturated carbocycles. The van der Waals surface area contributed by atoms with Crippen molar-refractivity contribution in [1.29, 1.82) is 0 Å². The predicted molar refractivity (Wildman–Crippen MR) is 72.3 cm³/mol. The maximum Gasteiger partial charge on any atom is 0.229 e. The lowest BCUT2D eigenvalue weighted by Crippen LogP contribution is -2.03. The zero-order valence-electron chi connectivity index (χ0n) is 11.4. The molecule has 18 heavy (non-hydrogen) atoms. The van der Waals surface area contributed by atoms with Gasteiger partial charge in [-0.25, -0.2) is 4.98 Å². The maximum absolute atomic E-state index is 4.41. The van der Waals surface area contributed by atoms with Gasteiger partial charge in [0.05, 0.1) is 17.1 Å². The summed E-state index contributed by atoms with van der Waals surface area (Å²) >= 11 is 0. The van der Waals surface area contributed by atoms with Crippen molar-refractivity contribution in [3.8, 4) is 0 Å². The van der Waals surface area contributed by atoms with E-state index in [9.17, 15) is 0 Å². The van der Waals surface area contributed by atoms with E-state index in [1.165, 1.54) is 0 Å². The Morgan fingerprint density at radius 2 is 1.94 bits per heavy atom. The number of nitrogens with one attached hydrogen (secondary N) is 2. The standard InChI is InChI=1S/C12H18N6/c1-7-6-14-12(16-11(7)13-4)15-10-8(2)17-18(5)9(10)3/h6H,1-5H3,(H2,13,14,15,16). The third kappa shape index (κ3) is 2.13. The van der Waals surface area contributed by atoms with Gasteiger partial charge in [-0.05, 0) is 20.8 Å². The van der Waals surface area contributed by atoms with Crippen molar-refractivity contribution in [1.82, 2.24) is 19.7 Å². The summed E-state index contributed by atoms with van der Waals surface area (Å²) in [5, 5.41) is 10.6. The van der Waals surface area contributed by atoms with Crippen LogP contribution in [0.2, 0.25) is 0 Å².